The Labute approximate surface area is 69.0 Å². The zero-order valence-corrected chi connectivity index (χ0v) is 7.51. The Balaban J connectivity index is 3.10. The number of aliphatic hydroxyl groups is 1. The minimum Gasteiger partial charge on any atom is -0.379 e. The van der Waals surface area contributed by atoms with Gasteiger partial charge in [0.25, 0.3) is 0 Å². The van der Waals surface area contributed by atoms with E-state index in [-0.39, 0.29) is 12.3 Å². The molecule has 2 unspecified atom stereocenters. The van der Waals surface area contributed by atoms with Crippen molar-refractivity contribution in [3.8, 4) is 0 Å². The SMILES string of the molecule is CCNC(O)CCCC(C)N. The van der Waals surface area contributed by atoms with Gasteiger partial charge in [-0.3, -0.25) is 5.32 Å². The maximum Gasteiger partial charge on any atom is 0.104 e. The van der Waals surface area contributed by atoms with Crippen LogP contribution >= 0.6 is 0 Å². The van der Waals surface area contributed by atoms with Gasteiger partial charge in [-0.2, -0.15) is 0 Å². The molecule has 0 aliphatic carbocycles. The Bertz CT molecular complexity index is 86.2. The molecular formula is C8H20N2O. The van der Waals surface area contributed by atoms with E-state index in [0.29, 0.717) is 0 Å². The number of nitrogens with one attached hydrogen (secondary N) is 1. The molecule has 0 aliphatic rings. The highest BCUT2D eigenvalue weighted by atomic mass is 16.3. The van der Waals surface area contributed by atoms with E-state index in [9.17, 15) is 5.11 Å². The van der Waals surface area contributed by atoms with Gasteiger partial charge in [-0.1, -0.05) is 6.92 Å². The molecule has 4 N–H and O–H groups in total. The lowest BCUT2D eigenvalue weighted by atomic mass is 10.1. The highest BCUT2D eigenvalue weighted by molar-refractivity contribution is 4.56. The van der Waals surface area contributed by atoms with Gasteiger partial charge in [-0.25, -0.2) is 0 Å². The molecule has 0 saturated heterocycles. The number of hydrogen-bond donors (Lipinski definition) is 3. The summed E-state index contributed by atoms with van der Waals surface area (Å²) >= 11 is 0. The highest BCUT2D eigenvalue weighted by Gasteiger charge is 2.01. The fourth-order valence-corrected chi connectivity index (χ4v) is 0.971. The molecule has 0 fully saturated rings. The van der Waals surface area contributed by atoms with Gasteiger partial charge in [0.05, 0.1) is 0 Å². The molecule has 3 heteroatoms. The molecule has 11 heavy (non-hydrogen) atoms. The van der Waals surface area contributed by atoms with Crippen LogP contribution in [0, 0.1) is 0 Å². The van der Waals surface area contributed by atoms with E-state index in [0.717, 1.165) is 25.8 Å². The van der Waals surface area contributed by atoms with Gasteiger partial charge in [0.2, 0.25) is 0 Å². The fraction of sp³-hybridized carbons (Fsp3) is 1.00. The molecule has 0 heterocycles. The van der Waals surface area contributed by atoms with Crippen LogP contribution in [0.5, 0.6) is 0 Å². The van der Waals surface area contributed by atoms with Crippen molar-refractivity contribution in [3.05, 3.63) is 0 Å². The lowest BCUT2D eigenvalue weighted by Gasteiger charge is -2.11. The minimum absolute atomic E-state index is 0.254. The average Bonchev–Trinajstić information content (AvgIpc) is 1.87. The second-order valence-corrected chi connectivity index (χ2v) is 2.98. The largest absolute Gasteiger partial charge is 0.379 e. The Morgan fingerprint density at radius 1 is 1.45 bits per heavy atom. The quantitative estimate of drug-likeness (QED) is 0.494. The van der Waals surface area contributed by atoms with E-state index in [1.165, 1.54) is 0 Å². The molecule has 0 aromatic carbocycles. The first-order chi connectivity index (χ1) is 5.16. The van der Waals surface area contributed by atoms with Gasteiger partial charge < -0.3 is 10.8 Å². The zero-order chi connectivity index (χ0) is 8.69. The fourth-order valence-electron chi connectivity index (χ4n) is 0.971. The second kappa shape index (κ2) is 6.58. The highest BCUT2D eigenvalue weighted by Crippen LogP contribution is 2.00. The molecule has 0 saturated carbocycles. The summed E-state index contributed by atoms with van der Waals surface area (Å²) in [4.78, 5) is 0. The molecule has 0 amide bonds. The van der Waals surface area contributed by atoms with Gasteiger partial charge >= 0.3 is 0 Å². The summed E-state index contributed by atoms with van der Waals surface area (Å²) in [5.74, 6) is 0. The Morgan fingerprint density at radius 3 is 2.55 bits per heavy atom. The molecule has 0 spiro atoms. The van der Waals surface area contributed by atoms with Crippen LogP contribution < -0.4 is 11.1 Å². The predicted molar refractivity (Wildman–Crippen MR) is 47.2 cm³/mol. The topological polar surface area (TPSA) is 58.3 Å². The zero-order valence-electron chi connectivity index (χ0n) is 7.51. The molecule has 0 radical (unpaired) electrons. The Morgan fingerprint density at radius 2 is 2.09 bits per heavy atom. The van der Waals surface area contributed by atoms with Crippen molar-refractivity contribution in [2.75, 3.05) is 6.54 Å². The lowest BCUT2D eigenvalue weighted by molar-refractivity contribution is 0.126. The van der Waals surface area contributed by atoms with Crippen LogP contribution in [-0.2, 0) is 0 Å². The molecule has 0 bridgehead atoms. The van der Waals surface area contributed by atoms with Crippen LogP contribution in [0.1, 0.15) is 33.1 Å². The van der Waals surface area contributed by atoms with Crippen molar-refractivity contribution in [1.29, 1.82) is 0 Å². The molecule has 3 nitrogen and oxygen atoms in total. The smallest absolute Gasteiger partial charge is 0.104 e. The van der Waals surface area contributed by atoms with Crippen molar-refractivity contribution in [3.63, 3.8) is 0 Å². The van der Waals surface area contributed by atoms with E-state index in [2.05, 4.69) is 5.32 Å². The van der Waals surface area contributed by atoms with Crippen LogP contribution in [0.2, 0.25) is 0 Å². The van der Waals surface area contributed by atoms with Crippen LogP contribution in [0.4, 0.5) is 0 Å². The number of aliphatic hydroxyl groups excluding tert-OH is 1. The van der Waals surface area contributed by atoms with Crippen molar-refractivity contribution in [2.24, 2.45) is 5.73 Å². The monoisotopic (exact) mass is 160 g/mol. The summed E-state index contributed by atoms with van der Waals surface area (Å²) in [5.41, 5.74) is 5.55. The maximum atomic E-state index is 9.21. The molecule has 0 aliphatic heterocycles. The van der Waals surface area contributed by atoms with E-state index in [4.69, 9.17) is 5.73 Å². The van der Waals surface area contributed by atoms with Gasteiger partial charge in [-0.15, -0.1) is 0 Å². The summed E-state index contributed by atoms with van der Waals surface area (Å²) in [5, 5.41) is 12.1. The second-order valence-electron chi connectivity index (χ2n) is 2.98. The standard InChI is InChI=1S/C8H20N2O/c1-3-10-8(11)6-4-5-7(2)9/h7-8,10-11H,3-6,9H2,1-2H3. The van der Waals surface area contributed by atoms with Crippen molar-refractivity contribution in [1.82, 2.24) is 5.32 Å². The summed E-state index contributed by atoms with van der Waals surface area (Å²) < 4.78 is 0. The molecule has 2 atom stereocenters. The third-order valence-electron chi connectivity index (χ3n) is 1.58. The van der Waals surface area contributed by atoms with E-state index < -0.39 is 0 Å². The lowest BCUT2D eigenvalue weighted by Crippen LogP contribution is -2.28. The van der Waals surface area contributed by atoms with Crippen LogP contribution in [0.15, 0.2) is 0 Å². The first-order valence-corrected chi connectivity index (χ1v) is 4.33. The Kier molecular flexibility index (Phi) is 6.51. The number of rotatable bonds is 6. The van der Waals surface area contributed by atoms with E-state index in [1.807, 2.05) is 13.8 Å². The normalized spacial score (nSPS) is 16.4. The summed E-state index contributed by atoms with van der Waals surface area (Å²) in [6, 6.07) is 0.254. The first-order valence-electron chi connectivity index (χ1n) is 4.33. The van der Waals surface area contributed by atoms with Gasteiger partial charge in [-0.05, 0) is 32.7 Å². The molecule has 0 aromatic heterocycles. The van der Waals surface area contributed by atoms with Crippen LogP contribution in [0.3, 0.4) is 0 Å². The van der Waals surface area contributed by atoms with Gasteiger partial charge in [0.15, 0.2) is 0 Å². The number of hydrogen-bond acceptors (Lipinski definition) is 3. The maximum absolute atomic E-state index is 9.21. The van der Waals surface area contributed by atoms with Gasteiger partial charge in [0.1, 0.15) is 6.23 Å². The third-order valence-corrected chi connectivity index (χ3v) is 1.58. The van der Waals surface area contributed by atoms with Crippen LogP contribution in [-0.4, -0.2) is 23.9 Å². The predicted octanol–water partition coefficient (Wildman–Crippen LogP) is 0.432. The molecular weight excluding hydrogens is 140 g/mol. The average molecular weight is 160 g/mol. The summed E-state index contributed by atoms with van der Waals surface area (Å²) in [6.45, 7) is 4.79. The summed E-state index contributed by atoms with van der Waals surface area (Å²) in [6.07, 6.45) is 2.43. The number of nitrogens with two attached hydrogens (primary N) is 1. The third kappa shape index (κ3) is 7.78. The minimum atomic E-state index is -0.348. The van der Waals surface area contributed by atoms with Crippen molar-refractivity contribution < 1.29 is 5.11 Å². The van der Waals surface area contributed by atoms with E-state index >= 15 is 0 Å². The van der Waals surface area contributed by atoms with Crippen molar-refractivity contribution >= 4 is 0 Å². The first kappa shape index (κ1) is 10.9. The van der Waals surface area contributed by atoms with Crippen molar-refractivity contribution in [2.45, 2.75) is 45.4 Å². The van der Waals surface area contributed by atoms with Gasteiger partial charge in [0, 0.05) is 6.04 Å². The summed E-state index contributed by atoms with van der Waals surface area (Å²) in [7, 11) is 0. The Hall–Kier alpha value is -0.120. The van der Waals surface area contributed by atoms with E-state index in [1.54, 1.807) is 0 Å². The van der Waals surface area contributed by atoms with Crippen LogP contribution in [0.25, 0.3) is 0 Å². The molecule has 68 valence electrons. The molecule has 0 aromatic rings. The molecule has 0 rings (SSSR count).